The molecule has 3 aromatic rings. The van der Waals surface area contributed by atoms with Crippen LogP contribution in [-0.4, -0.2) is 21.6 Å². The van der Waals surface area contributed by atoms with Crippen LogP contribution in [0, 0.1) is 0 Å². The fraction of sp³-hybridized carbons (Fsp3) is 0.0556. The molecular formula is C18H14N4O. The Morgan fingerprint density at radius 2 is 1.96 bits per heavy atom. The van der Waals surface area contributed by atoms with Crippen molar-refractivity contribution in [1.82, 2.24) is 15.4 Å². The number of hydrogen-bond donors (Lipinski definition) is 2. The van der Waals surface area contributed by atoms with Crippen molar-refractivity contribution in [3.8, 4) is 0 Å². The predicted octanol–water partition coefficient (Wildman–Crippen LogP) is 2.67. The third-order valence-corrected chi connectivity index (χ3v) is 3.85. The first-order valence-corrected chi connectivity index (χ1v) is 7.36. The number of pyridine rings is 1. The molecule has 23 heavy (non-hydrogen) atoms. The molecule has 1 aromatic carbocycles. The van der Waals surface area contributed by atoms with Gasteiger partial charge in [0.15, 0.2) is 0 Å². The number of amides is 1. The summed E-state index contributed by atoms with van der Waals surface area (Å²) in [6.45, 7) is 0. The second kappa shape index (κ2) is 5.53. The molecular weight excluding hydrogens is 288 g/mol. The normalized spacial score (nSPS) is 15.9. The van der Waals surface area contributed by atoms with E-state index >= 15 is 0 Å². The number of carbonyl (C=O) groups is 1. The number of benzene rings is 1. The minimum atomic E-state index is -0.172. The number of rotatable bonds is 3. The van der Waals surface area contributed by atoms with Crippen molar-refractivity contribution in [3.63, 3.8) is 0 Å². The Labute approximate surface area is 132 Å². The van der Waals surface area contributed by atoms with E-state index in [0.717, 1.165) is 27.9 Å². The van der Waals surface area contributed by atoms with Crippen LogP contribution in [0.1, 0.15) is 11.1 Å². The minimum absolute atomic E-state index is 0.172. The molecule has 5 heteroatoms. The van der Waals surface area contributed by atoms with Gasteiger partial charge in [-0.2, -0.15) is 5.10 Å². The molecule has 0 saturated carbocycles. The molecule has 2 aromatic heterocycles. The van der Waals surface area contributed by atoms with Crippen molar-refractivity contribution >= 4 is 28.7 Å². The van der Waals surface area contributed by atoms with E-state index in [-0.39, 0.29) is 5.91 Å². The summed E-state index contributed by atoms with van der Waals surface area (Å²) in [5, 5.41) is 5.16. The standard InChI is InChI=1S/C18H14N4O/c23-18-15(10-13-11-20-17-14(13)7-4-8-19-17)16(21-22-18)9-12-5-2-1-3-6-12/h1-8,10-11H,9H2,(H,19,20)(H,22,23). The van der Waals surface area contributed by atoms with Crippen molar-refractivity contribution in [3.05, 3.63) is 71.6 Å². The van der Waals surface area contributed by atoms with Crippen molar-refractivity contribution < 1.29 is 4.79 Å². The third kappa shape index (κ3) is 2.53. The average molecular weight is 302 g/mol. The zero-order valence-electron chi connectivity index (χ0n) is 12.3. The SMILES string of the molecule is O=C1NN=C(Cc2ccccc2)C1=Cc1c[nH]c2ncccc12. The molecule has 0 spiro atoms. The number of nitrogens with zero attached hydrogens (tertiary/aromatic N) is 2. The number of carbonyl (C=O) groups excluding carboxylic acids is 1. The van der Waals surface area contributed by atoms with Gasteiger partial charge in [0, 0.05) is 29.8 Å². The van der Waals surface area contributed by atoms with E-state index in [4.69, 9.17) is 0 Å². The maximum Gasteiger partial charge on any atom is 0.273 e. The van der Waals surface area contributed by atoms with Crippen LogP contribution in [0.3, 0.4) is 0 Å². The molecule has 1 aliphatic rings. The molecule has 112 valence electrons. The Balaban J connectivity index is 1.71. The van der Waals surface area contributed by atoms with Gasteiger partial charge >= 0.3 is 0 Å². The number of hydrazone groups is 1. The van der Waals surface area contributed by atoms with E-state index in [1.165, 1.54) is 0 Å². The Hall–Kier alpha value is -3.21. The summed E-state index contributed by atoms with van der Waals surface area (Å²) in [6, 6.07) is 13.8. The van der Waals surface area contributed by atoms with Crippen molar-refractivity contribution in [2.75, 3.05) is 0 Å². The van der Waals surface area contributed by atoms with Gasteiger partial charge in [-0.1, -0.05) is 30.3 Å². The monoisotopic (exact) mass is 302 g/mol. The van der Waals surface area contributed by atoms with Crippen LogP contribution >= 0.6 is 0 Å². The van der Waals surface area contributed by atoms with Gasteiger partial charge in [0.2, 0.25) is 0 Å². The highest BCUT2D eigenvalue weighted by atomic mass is 16.2. The molecule has 0 saturated heterocycles. The second-order valence-electron chi connectivity index (χ2n) is 5.36. The highest BCUT2D eigenvalue weighted by Gasteiger charge is 2.23. The number of hydrogen-bond acceptors (Lipinski definition) is 3. The van der Waals surface area contributed by atoms with Crippen LogP contribution in [0.25, 0.3) is 17.1 Å². The zero-order chi connectivity index (χ0) is 15.6. The maximum absolute atomic E-state index is 12.1. The van der Waals surface area contributed by atoms with Crippen molar-refractivity contribution in [2.24, 2.45) is 5.10 Å². The molecule has 0 unspecified atom stereocenters. The van der Waals surface area contributed by atoms with Gasteiger partial charge in [0.25, 0.3) is 5.91 Å². The maximum atomic E-state index is 12.1. The first-order chi connectivity index (χ1) is 11.3. The van der Waals surface area contributed by atoms with Crippen LogP contribution in [-0.2, 0) is 11.2 Å². The summed E-state index contributed by atoms with van der Waals surface area (Å²) in [7, 11) is 0. The summed E-state index contributed by atoms with van der Waals surface area (Å²) in [6.07, 6.45) is 6.08. The lowest BCUT2D eigenvalue weighted by atomic mass is 10.0. The molecule has 0 aliphatic carbocycles. The van der Waals surface area contributed by atoms with E-state index in [0.29, 0.717) is 12.0 Å². The van der Waals surface area contributed by atoms with Crippen molar-refractivity contribution in [1.29, 1.82) is 0 Å². The number of aromatic amines is 1. The molecule has 0 fully saturated rings. The smallest absolute Gasteiger partial charge is 0.273 e. The molecule has 4 rings (SSSR count). The Morgan fingerprint density at radius 3 is 2.83 bits per heavy atom. The number of fused-ring (bicyclic) bond motifs is 1. The van der Waals surface area contributed by atoms with Crippen LogP contribution < -0.4 is 5.43 Å². The van der Waals surface area contributed by atoms with E-state index < -0.39 is 0 Å². The summed E-state index contributed by atoms with van der Waals surface area (Å²) >= 11 is 0. The summed E-state index contributed by atoms with van der Waals surface area (Å²) in [5.74, 6) is -0.172. The van der Waals surface area contributed by atoms with Gasteiger partial charge in [-0.15, -0.1) is 0 Å². The van der Waals surface area contributed by atoms with E-state index in [9.17, 15) is 4.79 Å². The van der Waals surface area contributed by atoms with Crippen LogP contribution in [0.4, 0.5) is 0 Å². The third-order valence-electron chi connectivity index (χ3n) is 3.85. The molecule has 0 bridgehead atoms. The van der Waals surface area contributed by atoms with Crippen LogP contribution in [0.15, 0.2) is 65.5 Å². The van der Waals surface area contributed by atoms with Gasteiger partial charge in [-0.25, -0.2) is 10.4 Å². The quantitative estimate of drug-likeness (QED) is 0.730. The average Bonchev–Trinajstić information content (AvgIpc) is 3.15. The molecule has 0 radical (unpaired) electrons. The van der Waals surface area contributed by atoms with E-state index in [2.05, 4.69) is 20.5 Å². The fourth-order valence-electron chi connectivity index (χ4n) is 2.69. The Kier molecular flexibility index (Phi) is 3.24. The van der Waals surface area contributed by atoms with Crippen molar-refractivity contribution in [2.45, 2.75) is 6.42 Å². The largest absolute Gasteiger partial charge is 0.346 e. The molecule has 1 aliphatic heterocycles. The molecule has 1 amide bonds. The Morgan fingerprint density at radius 1 is 1.09 bits per heavy atom. The number of aromatic nitrogens is 2. The summed E-state index contributed by atoms with van der Waals surface area (Å²) in [4.78, 5) is 19.5. The van der Waals surface area contributed by atoms with Gasteiger partial charge < -0.3 is 4.98 Å². The fourth-order valence-corrected chi connectivity index (χ4v) is 2.69. The zero-order valence-corrected chi connectivity index (χ0v) is 12.3. The van der Waals surface area contributed by atoms with Crippen LogP contribution in [0.5, 0.6) is 0 Å². The first kappa shape index (κ1) is 13.5. The van der Waals surface area contributed by atoms with Gasteiger partial charge in [-0.05, 0) is 23.8 Å². The van der Waals surface area contributed by atoms with Gasteiger partial charge in [0.05, 0.1) is 11.3 Å². The summed E-state index contributed by atoms with van der Waals surface area (Å²) in [5.41, 5.74) is 6.76. The lowest BCUT2D eigenvalue weighted by molar-refractivity contribution is -0.116. The molecule has 3 heterocycles. The first-order valence-electron chi connectivity index (χ1n) is 7.36. The lowest BCUT2D eigenvalue weighted by Crippen LogP contribution is -2.13. The number of H-pyrrole nitrogens is 1. The Bertz CT molecular complexity index is 938. The van der Waals surface area contributed by atoms with Crippen LogP contribution in [0.2, 0.25) is 0 Å². The minimum Gasteiger partial charge on any atom is -0.346 e. The van der Waals surface area contributed by atoms with Gasteiger partial charge in [0.1, 0.15) is 5.65 Å². The molecule has 0 atom stereocenters. The second-order valence-corrected chi connectivity index (χ2v) is 5.36. The van der Waals surface area contributed by atoms with E-state index in [1.54, 1.807) is 6.20 Å². The predicted molar refractivity (Wildman–Crippen MR) is 89.8 cm³/mol. The van der Waals surface area contributed by atoms with Gasteiger partial charge in [-0.3, -0.25) is 4.79 Å². The lowest BCUT2D eigenvalue weighted by Gasteiger charge is -2.02. The topological polar surface area (TPSA) is 70.1 Å². The highest BCUT2D eigenvalue weighted by Crippen LogP contribution is 2.21. The highest BCUT2D eigenvalue weighted by molar-refractivity contribution is 6.28. The van der Waals surface area contributed by atoms with E-state index in [1.807, 2.05) is 54.7 Å². The molecule has 2 N–H and O–H groups in total. The number of nitrogens with one attached hydrogen (secondary N) is 2. The summed E-state index contributed by atoms with van der Waals surface area (Å²) < 4.78 is 0. The molecule has 5 nitrogen and oxygen atoms in total.